The normalized spacial score (nSPS) is 10.1. The number of methoxy groups -OCH3 is 1. The van der Waals surface area contributed by atoms with Gasteiger partial charge in [0.1, 0.15) is 11.4 Å². The molecule has 3 aromatic rings. The molecule has 1 heterocycles. The number of carbonyl (C=O) groups is 1. The van der Waals surface area contributed by atoms with Crippen molar-refractivity contribution in [1.82, 2.24) is 5.32 Å². The van der Waals surface area contributed by atoms with E-state index in [9.17, 15) is 14.0 Å². The molecule has 26 heavy (non-hydrogen) atoms. The van der Waals surface area contributed by atoms with Crippen LogP contribution in [0.4, 0.5) is 4.39 Å². The van der Waals surface area contributed by atoms with E-state index in [1.54, 1.807) is 30.3 Å². The van der Waals surface area contributed by atoms with Crippen molar-refractivity contribution in [2.75, 3.05) is 13.7 Å². The van der Waals surface area contributed by atoms with Crippen LogP contribution in [0.5, 0.6) is 5.75 Å². The van der Waals surface area contributed by atoms with E-state index in [0.29, 0.717) is 11.1 Å². The summed E-state index contributed by atoms with van der Waals surface area (Å²) in [6.45, 7) is -0.0389. The summed E-state index contributed by atoms with van der Waals surface area (Å²) in [5.41, 5.74) is -0.407. The Kier molecular flexibility index (Phi) is 4.99. The van der Waals surface area contributed by atoms with Crippen LogP contribution in [0.15, 0.2) is 57.7 Å². The molecule has 1 N–H and O–H groups in total. The molecule has 0 saturated heterocycles. The molecule has 0 fully saturated rings. The van der Waals surface area contributed by atoms with Crippen LogP contribution in [0.2, 0.25) is 0 Å². The van der Waals surface area contributed by atoms with Crippen molar-refractivity contribution in [2.45, 2.75) is 0 Å². The number of ether oxygens (including phenoxy) is 1. The lowest BCUT2D eigenvalue weighted by Crippen LogP contribution is -2.28. The van der Waals surface area contributed by atoms with Gasteiger partial charge in [-0.1, -0.05) is 36.1 Å². The monoisotopic (exact) mass is 351 g/mol. The number of halogens is 1. The van der Waals surface area contributed by atoms with E-state index in [2.05, 4.69) is 17.2 Å². The van der Waals surface area contributed by atoms with E-state index in [0.717, 1.165) is 0 Å². The average Bonchev–Trinajstić information content (AvgIpc) is 2.65. The highest BCUT2D eigenvalue weighted by Gasteiger charge is 2.14. The maximum Gasteiger partial charge on any atom is 0.349 e. The van der Waals surface area contributed by atoms with Crippen LogP contribution in [0, 0.1) is 17.7 Å². The van der Waals surface area contributed by atoms with Gasteiger partial charge >= 0.3 is 5.63 Å². The van der Waals surface area contributed by atoms with Gasteiger partial charge in [0.15, 0.2) is 11.3 Å². The molecule has 0 bridgehead atoms. The summed E-state index contributed by atoms with van der Waals surface area (Å²) in [6, 6.07) is 12.6. The number of amides is 1. The number of para-hydroxylation sites is 1. The van der Waals surface area contributed by atoms with E-state index >= 15 is 0 Å². The Hall–Kier alpha value is -3.59. The molecule has 3 rings (SSSR count). The highest BCUT2D eigenvalue weighted by atomic mass is 19.1. The van der Waals surface area contributed by atoms with E-state index in [1.807, 2.05) is 0 Å². The maximum absolute atomic E-state index is 13.4. The molecule has 6 heteroatoms. The van der Waals surface area contributed by atoms with Crippen molar-refractivity contribution >= 4 is 16.9 Å². The highest BCUT2D eigenvalue weighted by molar-refractivity contribution is 5.97. The molecule has 1 amide bonds. The van der Waals surface area contributed by atoms with Gasteiger partial charge < -0.3 is 14.5 Å². The quantitative estimate of drug-likeness (QED) is 0.582. The van der Waals surface area contributed by atoms with Gasteiger partial charge in [-0.2, -0.15) is 0 Å². The van der Waals surface area contributed by atoms with Gasteiger partial charge in [-0.3, -0.25) is 4.79 Å². The zero-order chi connectivity index (χ0) is 18.5. The first kappa shape index (κ1) is 17.2. The minimum atomic E-state index is -0.776. The summed E-state index contributed by atoms with van der Waals surface area (Å²) < 4.78 is 23.8. The fourth-order valence-electron chi connectivity index (χ4n) is 2.36. The van der Waals surface area contributed by atoms with Crippen molar-refractivity contribution in [3.8, 4) is 17.6 Å². The molecule has 5 nitrogen and oxygen atoms in total. The van der Waals surface area contributed by atoms with Crippen LogP contribution >= 0.6 is 0 Å². The van der Waals surface area contributed by atoms with Crippen LogP contribution in [0.3, 0.4) is 0 Å². The maximum atomic E-state index is 13.4. The predicted molar refractivity (Wildman–Crippen MR) is 94.6 cm³/mol. The lowest BCUT2D eigenvalue weighted by Gasteiger charge is -2.05. The van der Waals surface area contributed by atoms with E-state index in [1.165, 1.54) is 25.3 Å². The summed E-state index contributed by atoms with van der Waals surface area (Å²) in [5, 5.41) is 3.06. The molecular weight excluding hydrogens is 337 g/mol. The number of rotatable bonds is 3. The van der Waals surface area contributed by atoms with Gasteiger partial charge in [0.2, 0.25) is 0 Å². The van der Waals surface area contributed by atoms with Crippen molar-refractivity contribution in [1.29, 1.82) is 0 Å². The SMILES string of the molecule is COc1cccc2cc(C(=O)NCC#Cc3ccccc3F)c(=O)oc12. The third-order valence-electron chi connectivity index (χ3n) is 3.62. The molecule has 0 aliphatic heterocycles. The summed E-state index contributed by atoms with van der Waals surface area (Å²) in [4.78, 5) is 24.3. The molecule has 1 aromatic heterocycles. The molecule has 0 aliphatic rings. The molecular formula is C20H14FNO4. The van der Waals surface area contributed by atoms with Crippen molar-refractivity contribution < 1.29 is 18.3 Å². The predicted octanol–water partition coefficient (Wildman–Crippen LogP) is 2.72. The Labute approximate surface area is 148 Å². The second-order valence-corrected chi connectivity index (χ2v) is 5.29. The highest BCUT2D eigenvalue weighted by Crippen LogP contribution is 2.24. The molecule has 0 radical (unpaired) electrons. The van der Waals surface area contributed by atoms with Crippen LogP contribution in [0.25, 0.3) is 11.0 Å². The summed E-state index contributed by atoms with van der Waals surface area (Å²) in [6.07, 6.45) is 0. The van der Waals surface area contributed by atoms with Crippen molar-refractivity contribution in [3.63, 3.8) is 0 Å². The summed E-state index contributed by atoms with van der Waals surface area (Å²) in [5.74, 6) is 4.62. The summed E-state index contributed by atoms with van der Waals surface area (Å²) >= 11 is 0. The minimum absolute atomic E-state index is 0.0389. The van der Waals surface area contributed by atoms with Gasteiger partial charge in [-0.15, -0.1) is 0 Å². The first-order chi connectivity index (χ1) is 12.6. The number of nitrogens with one attached hydrogen (secondary N) is 1. The molecule has 2 aromatic carbocycles. The van der Waals surface area contributed by atoms with Crippen LogP contribution < -0.4 is 15.7 Å². The molecule has 130 valence electrons. The van der Waals surface area contributed by atoms with E-state index < -0.39 is 17.3 Å². The summed E-state index contributed by atoms with van der Waals surface area (Å²) in [7, 11) is 1.46. The third-order valence-corrected chi connectivity index (χ3v) is 3.62. The first-order valence-electron chi connectivity index (χ1n) is 7.72. The Bertz CT molecular complexity index is 1090. The fourth-order valence-corrected chi connectivity index (χ4v) is 2.36. The minimum Gasteiger partial charge on any atom is -0.493 e. The zero-order valence-corrected chi connectivity index (χ0v) is 13.8. The number of hydrogen-bond acceptors (Lipinski definition) is 4. The number of fused-ring (bicyclic) bond motifs is 1. The Morgan fingerprint density at radius 1 is 1.23 bits per heavy atom. The average molecular weight is 351 g/mol. The van der Waals surface area contributed by atoms with Crippen LogP contribution in [0.1, 0.15) is 15.9 Å². The van der Waals surface area contributed by atoms with Gasteiger partial charge in [-0.05, 0) is 24.3 Å². The number of hydrogen-bond donors (Lipinski definition) is 1. The van der Waals surface area contributed by atoms with Crippen molar-refractivity contribution in [2.24, 2.45) is 0 Å². The standard InChI is InChI=1S/C20H14FNO4/c1-25-17-10-4-7-14-12-15(20(24)26-18(14)17)19(23)22-11-5-8-13-6-2-3-9-16(13)21/h2-4,6-7,9-10,12H,11H2,1H3,(H,22,23). The third kappa shape index (κ3) is 3.57. The Morgan fingerprint density at radius 2 is 2.04 bits per heavy atom. The van der Waals surface area contributed by atoms with Gasteiger partial charge in [0, 0.05) is 5.39 Å². The Balaban J connectivity index is 1.78. The van der Waals surface area contributed by atoms with Gasteiger partial charge in [0.05, 0.1) is 19.2 Å². The zero-order valence-electron chi connectivity index (χ0n) is 13.8. The van der Waals surface area contributed by atoms with Crippen molar-refractivity contribution in [3.05, 3.63) is 75.9 Å². The lowest BCUT2D eigenvalue weighted by atomic mass is 10.1. The number of carbonyl (C=O) groups excluding carboxylic acids is 1. The van der Waals surface area contributed by atoms with Crippen LogP contribution in [-0.2, 0) is 0 Å². The molecule has 0 spiro atoms. The molecule has 0 unspecified atom stereocenters. The fraction of sp³-hybridized carbons (Fsp3) is 0.100. The smallest absolute Gasteiger partial charge is 0.349 e. The first-order valence-corrected chi connectivity index (χ1v) is 7.72. The van der Waals surface area contributed by atoms with Gasteiger partial charge in [0.25, 0.3) is 5.91 Å². The van der Waals surface area contributed by atoms with E-state index in [-0.39, 0.29) is 23.3 Å². The second-order valence-electron chi connectivity index (χ2n) is 5.29. The second kappa shape index (κ2) is 7.53. The topological polar surface area (TPSA) is 68.5 Å². The molecule has 0 atom stereocenters. The number of benzene rings is 2. The largest absolute Gasteiger partial charge is 0.493 e. The Morgan fingerprint density at radius 3 is 2.81 bits per heavy atom. The molecule has 0 aliphatic carbocycles. The lowest BCUT2D eigenvalue weighted by molar-refractivity contribution is 0.0955. The van der Waals surface area contributed by atoms with E-state index in [4.69, 9.17) is 9.15 Å². The van der Waals surface area contributed by atoms with Crippen LogP contribution in [-0.4, -0.2) is 19.6 Å². The molecule has 0 saturated carbocycles. The van der Waals surface area contributed by atoms with Gasteiger partial charge in [-0.25, -0.2) is 9.18 Å².